The van der Waals surface area contributed by atoms with Gasteiger partial charge in [0.15, 0.2) is 11.3 Å². The quantitative estimate of drug-likeness (QED) is 0.369. The maximum atomic E-state index is 17.6. The van der Waals surface area contributed by atoms with E-state index in [1.54, 1.807) is 12.1 Å². The molecule has 2 aliphatic heterocycles. The molecule has 4 aromatic rings. The molecule has 0 aromatic heterocycles. The summed E-state index contributed by atoms with van der Waals surface area (Å²) in [5.41, 5.74) is -0.248. The molecule has 31 heavy (non-hydrogen) atoms. The van der Waals surface area contributed by atoms with Crippen molar-refractivity contribution in [1.29, 1.82) is 0 Å². The van der Waals surface area contributed by atoms with Gasteiger partial charge in [0.05, 0.1) is 0 Å². The number of rotatable bonds is 3. The Kier molecular flexibility index (Phi) is 3.78. The monoisotopic (exact) mass is 410 g/mol. The molecule has 1 fully saturated rings. The van der Waals surface area contributed by atoms with Crippen molar-refractivity contribution in [1.82, 2.24) is 0 Å². The summed E-state index contributed by atoms with van der Waals surface area (Å²) < 4.78 is 38.2. The molecule has 152 valence electrons. The Morgan fingerprint density at radius 2 is 1.13 bits per heavy atom. The molecule has 2 heterocycles. The molecular formula is C28H20F2O. The summed E-state index contributed by atoms with van der Waals surface area (Å²) in [5.74, 6) is -0.386. The van der Waals surface area contributed by atoms with Crippen molar-refractivity contribution >= 4 is 0 Å². The lowest BCUT2D eigenvalue weighted by Gasteiger charge is -2.40. The molecule has 2 bridgehead atoms. The first-order chi connectivity index (χ1) is 15.1. The molecule has 1 nitrogen and oxygen atoms in total. The van der Waals surface area contributed by atoms with Crippen molar-refractivity contribution < 1.29 is 13.5 Å². The molecule has 0 aliphatic carbocycles. The van der Waals surface area contributed by atoms with Crippen LogP contribution in [-0.2, 0) is 21.6 Å². The van der Waals surface area contributed by atoms with Crippen LogP contribution < -0.4 is 0 Å². The van der Waals surface area contributed by atoms with Gasteiger partial charge in [-0.2, -0.15) is 0 Å². The first-order valence-corrected chi connectivity index (χ1v) is 10.5. The highest BCUT2D eigenvalue weighted by Gasteiger charge is 2.74. The van der Waals surface area contributed by atoms with Gasteiger partial charge in [-0.1, -0.05) is 97.1 Å². The van der Waals surface area contributed by atoms with Gasteiger partial charge in [-0.15, -0.1) is 0 Å². The van der Waals surface area contributed by atoms with E-state index in [-0.39, 0.29) is 12.2 Å². The molecule has 4 aromatic carbocycles. The van der Waals surface area contributed by atoms with E-state index in [1.807, 2.05) is 84.9 Å². The van der Waals surface area contributed by atoms with E-state index in [0.29, 0.717) is 5.56 Å². The minimum Gasteiger partial charge on any atom is -0.346 e. The Morgan fingerprint density at radius 3 is 1.77 bits per heavy atom. The first kappa shape index (κ1) is 18.5. The molecule has 0 radical (unpaired) electrons. The SMILES string of the molecule is Fc1ccc([C@]2(F)C[C@]3(c4ccccc4)O[C@@]2(c2ccccc2)c2ccccc23)cc1. The summed E-state index contributed by atoms with van der Waals surface area (Å²) in [6, 6.07) is 33.0. The molecule has 0 amide bonds. The molecule has 0 spiro atoms. The van der Waals surface area contributed by atoms with Crippen LogP contribution in [0.4, 0.5) is 8.78 Å². The van der Waals surface area contributed by atoms with E-state index in [4.69, 9.17) is 4.74 Å². The summed E-state index contributed by atoms with van der Waals surface area (Å²) in [6.07, 6.45) is 0.113. The van der Waals surface area contributed by atoms with Crippen LogP contribution in [0.3, 0.4) is 0 Å². The molecule has 0 N–H and O–H groups in total. The number of hydrogen-bond acceptors (Lipinski definition) is 1. The van der Waals surface area contributed by atoms with Gasteiger partial charge in [0, 0.05) is 6.42 Å². The Balaban J connectivity index is 1.71. The lowest BCUT2D eigenvalue weighted by Crippen LogP contribution is -2.44. The van der Waals surface area contributed by atoms with E-state index in [1.165, 1.54) is 12.1 Å². The second-order valence-electron chi connectivity index (χ2n) is 8.37. The van der Waals surface area contributed by atoms with Gasteiger partial charge < -0.3 is 4.74 Å². The number of halogens is 2. The standard InChI is InChI=1S/C28H20F2O/c29-23-17-15-21(16-18-23)27(30)19-26(20-9-3-1-4-10-20)24-13-7-8-14-25(24)28(27,31-26)22-11-5-2-6-12-22/h1-18H,19H2/t26-,27-,28+/m1/s1. The Morgan fingerprint density at radius 1 is 0.581 bits per heavy atom. The fraction of sp³-hybridized carbons (Fsp3) is 0.143. The number of benzene rings is 4. The third-order valence-electron chi connectivity index (χ3n) is 6.84. The topological polar surface area (TPSA) is 9.23 Å². The molecule has 2 aliphatic rings. The Bertz CT molecular complexity index is 1260. The van der Waals surface area contributed by atoms with Gasteiger partial charge in [-0.3, -0.25) is 0 Å². The van der Waals surface area contributed by atoms with E-state index in [9.17, 15) is 4.39 Å². The summed E-state index contributed by atoms with van der Waals surface area (Å²) in [7, 11) is 0. The third-order valence-corrected chi connectivity index (χ3v) is 6.84. The Hall–Kier alpha value is -3.30. The van der Waals surface area contributed by atoms with Crippen molar-refractivity contribution in [3.05, 3.63) is 143 Å². The predicted octanol–water partition coefficient (Wildman–Crippen LogP) is 6.61. The molecule has 3 atom stereocenters. The van der Waals surface area contributed by atoms with E-state index < -0.39 is 16.9 Å². The van der Waals surface area contributed by atoms with Crippen molar-refractivity contribution in [3.8, 4) is 0 Å². The number of hydrogen-bond donors (Lipinski definition) is 0. The van der Waals surface area contributed by atoms with Crippen LogP contribution in [0.2, 0.25) is 0 Å². The van der Waals surface area contributed by atoms with Gasteiger partial charge in [0.1, 0.15) is 11.4 Å². The highest BCUT2D eigenvalue weighted by molar-refractivity contribution is 5.60. The van der Waals surface area contributed by atoms with Crippen LogP contribution in [0.15, 0.2) is 109 Å². The van der Waals surface area contributed by atoms with Crippen molar-refractivity contribution in [2.75, 3.05) is 0 Å². The second-order valence-corrected chi connectivity index (χ2v) is 8.37. The van der Waals surface area contributed by atoms with E-state index in [0.717, 1.165) is 22.3 Å². The lowest BCUT2D eigenvalue weighted by atomic mass is 9.62. The number of ether oxygens (including phenoxy) is 1. The first-order valence-electron chi connectivity index (χ1n) is 10.5. The summed E-state index contributed by atoms with van der Waals surface area (Å²) >= 11 is 0. The van der Waals surface area contributed by atoms with Gasteiger partial charge in [0.25, 0.3) is 0 Å². The van der Waals surface area contributed by atoms with Crippen LogP contribution in [0, 0.1) is 5.82 Å². The fourth-order valence-corrected chi connectivity index (χ4v) is 5.57. The lowest BCUT2D eigenvalue weighted by molar-refractivity contribution is -0.0839. The summed E-state index contributed by atoms with van der Waals surface area (Å²) in [6.45, 7) is 0. The van der Waals surface area contributed by atoms with Crippen LogP contribution in [-0.4, -0.2) is 0 Å². The maximum absolute atomic E-state index is 17.6. The van der Waals surface area contributed by atoms with Gasteiger partial charge >= 0.3 is 0 Å². The molecule has 6 rings (SSSR count). The van der Waals surface area contributed by atoms with Gasteiger partial charge in [-0.25, -0.2) is 8.78 Å². The van der Waals surface area contributed by atoms with Crippen molar-refractivity contribution in [2.24, 2.45) is 0 Å². The zero-order valence-corrected chi connectivity index (χ0v) is 16.8. The second kappa shape index (κ2) is 6.35. The van der Waals surface area contributed by atoms with Crippen molar-refractivity contribution in [3.63, 3.8) is 0 Å². The summed E-state index contributed by atoms with van der Waals surface area (Å²) in [4.78, 5) is 0. The molecule has 0 saturated carbocycles. The average Bonchev–Trinajstić information content (AvgIpc) is 3.29. The zero-order valence-electron chi connectivity index (χ0n) is 16.8. The summed E-state index contributed by atoms with van der Waals surface area (Å²) in [5, 5.41) is 0. The van der Waals surface area contributed by atoms with E-state index in [2.05, 4.69) is 0 Å². The Labute approximate surface area is 179 Å². The highest BCUT2D eigenvalue weighted by Crippen LogP contribution is 2.71. The molecule has 3 heteroatoms. The molecular weight excluding hydrogens is 390 g/mol. The van der Waals surface area contributed by atoms with E-state index >= 15 is 4.39 Å². The normalized spacial score (nSPS) is 28.5. The fourth-order valence-electron chi connectivity index (χ4n) is 5.57. The van der Waals surface area contributed by atoms with Crippen LogP contribution in [0.5, 0.6) is 0 Å². The van der Waals surface area contributed by atoms with Gasteiger partial charge in [0.2, 0.25) is 0 Å². The minimum absolute atomic E-state index is 0.113. The highest BCUT2D eigenvalue weighted by atomic mass is 19.1. The number of alkyl halides is 1. The number of fused-ring (bicyclic) bond motifs is 5. The molecule has 0 unspecified atom stereocenters. The minimum atomic E-state index is -1.88. The van der Waals surface area contributed by atoms with Gasteiger partial charge in [-0.05, 0) is 39.9 Å². The van der Waals surface area contributed by atoms with Crippen LogP contribution in [0.1, 0.15) is 34.2 Å². The smallest absolute Gasteiger partial charge is 0.176 e. The zero-order chi connectivity index (χ0) is 21.1. The largest absolute Gasteiger partial charge is 0.346 e. The molecule has 1 saturated heterocycles. The van der Waals surface area contributed by atoms with Crippen LogP contribution in [0.25, 0.3) is 0 Å². The predicted molar refractivity (Wildman–Crippen MR) is 116 cm³/mol. The van der Waals surface area contributed by atoms with Crippen molar-refractivity contribution in [2.45, 2.75) is 23.3 Å². The third kappa shape index (κ3) is 2.27. The van der Waals surface area contributed by atoms with Crippen LogP contribution >= 0.6 is 0 Å². The maximum Gasteiger partial charge on any atom is 0.176 e. The average molecular weight is 410 g/mol.